The van der Waals surface area contributed by atoms with Gasteiger partial charge in [0.15, 0.2) is 23.2 Å². The van der Waals surface area contributed by atoms with Crippen LogP contribution in [0.15, 0.2) is 24.3 Å². The van der Waals surface area contributed by atoms with Crippen molar-refractivity contribution in [3.05, 3.63) is 34.8 Å². The Kier molecular flexibility index (Phi) is 5.12. The third-order valence-electron chi connectivity index (χ3n) is 3.60. The number of benzene rings is 1. The number of hydrogen-bond acceptors (Lipinski definition) is 5. The number of carbonyl (C=O) groups is 1. The average molecular weight is 332 g/mol. The van der Waals surface area contributed by atoms with Gasteiger partial charge >= 0.3 is 0 Å². The number of fused-ring (bicyclic) bond motifs is 1. The summed E-state index contributed by atoms with van der Waals surface area (Å²) < 4.78 is 11.0. The summed E-state index contributed by atoms with van der Waals surface area (Å²) >= 11 is 1.57. The van der Waals surface area contributed by atoms with E-state index in [0.29, 0.717) is 23.2 Å². The first kappa shape index (κ1) is 15.8. The number of thiazole rings is 1. The van der Waals surface area contributed by atoms with E-state index < -0.39 is 0 Å². The Labute approximate surface area is 139 Å². The zero-order chi connectivity index (χ0) is 16.1. The normalized spacial score (nSPS) is 13.3. The number of para-hydroxylation sites is 2. The number of carbonyl (C=O) groups excluding carboxylic acids is 1. The lowest BCUT2D eigenvalue weighted by Crippen LogP contribution is -2.20. The van der Waals surface area contributed by atoms with Crippen LogP contribution in [0.5, 0.6) is 11.5 Å². The second-order valence-corrected chi connectivity index (χ2v) is 6.40. The van der Waals surface area contributed by atoms with Gasteiger partial charge in [0.05, 0.1) is 12.3 Å². The van der Waals surface area contributed by atoms with Crippen LogP contribution in [0.1, 0.15) is 30.3 Å². The number of amides is 1. The summed E-state index contributed by atoms with van der Waals surface area (Å²) in [5.74, 6) is 1.01. The molecule has 0 aliphatic heterocycles. The summed E-state index contributed by atoms with van der Waals surface area (Å²) in [6.07, 6.45) is 4.47. The molecular weight excluding hydrogens is 312 g/mol. The van der Waals surface area contributed by atoms with Crippen molar-refractivity contribution in [2.75, 3.05) is 18.5 Å². The molecule has 1 amide bonds. The van der Waals surface area contributed by atoms with Crippen LogP contribution < -0.4 is 14.8 Å². The third kappa shape index (κ3) is 4.01. The van der Waals surface area contributed by atoms with E-state index in [1.807, 2.05) is 25.1 Å². The van der Waals surface area contributed by atoms with Gasteiger partial charge in [0.1, 0.15) is 0 Å². The number of hydrogen-bond donors (Lipinski definition) is 1. The summed E-state index contributed by atoms with van der Waals surface area (Å²) in [7, 11) is 0. The predicted molar refractivity (Wildman–Crippen MR) is 90.5 cm³/mol. The van der Waals surface area contributed by atoms with Crippen LogP contribution in [0, 0.1) is 0 Å². The number of nitrogens with zero attached hydrogens (tertiary/aromatic N) is 1. The minimum atomic E-state index is -0.206. The van der Waals surface area contributed by atoms with E-state index in [0.717, 1.165) is 18.5 Å². The van der Waals surface area contributed by atoms with Crippen molar-refractivity contribution in [3.8, 4) is 11.5 Å². The first-order chi connectivity index (χ1) is 11.3. The molecule has 0 saturated carbocycles. The summed E-state index contributed by atoms with van der Waals surface area (Å²) in [5, 5.41) is 3.49. The van der Waals surface area contributed by atoms with Crippen molar-refractivity contribution in [1.29, 1.82) is 0 Å². The van der Waals surface area contributed by atoms with Crippen LogP contribution >= 0.6 is 11.3 Å². The van der Waals surface area contributed by atoms with Gasteiger partial charge in [-0.2, -0.15) is 0 Å². The van der Waals surface area contributed by atoms with E-state index in [4.69, 9.17) is 9.47 Å². The van der Waals surface area contributed by atoms with Crippen molar-refractivity contribution < 1.29 is 14.3 Å². The Morgan fingerprint density at radius 3 is 2.70 bits per heavy atom. The molecule has 1 aromatic carbocycles. The van der Waals surface area contributed by atoms with Gasteiger partial charge in [-0.05, 0) is 44.7 Å². The molecular formula is C17H20N2O3S. The van der Waals surface area contributed by atoms with Gasteiger partial charge < -0.3 is 9.47 Å². The SMILES string of the molecule is CCOc1ccccc1OCC(=O)Nc1nc2c(s1)CCCC2. The molecule has 1 aromatic heterocycles. The Morgan fingerprint density at radius 2 is 1.96 bits per heavy atom. The van der Waals surface area contributed by atoms with Crippen molar-refractivity contribution in [2.45, 2.75) is 32.6 Å². The molecule has 2 aromatic rings. The summed E-state index contributed by atoms with van der Waals surface area (Å²) in [6.45, 7) is 2.40. The quantitative estimate of drug-likeness (QED) is 0.880. The van der Waals surface area contributed by atoms with Crippen molar-refractivity contribution in [1.82, 2.24) is 4.98 Å². The van der Waals surface area contributed by atoms with E-state index in [1.165, 1.54) is 17.7 Å². The van der Waals surface area contributed by atoms with E-state index >= 15 is 0 Å². The standard InChI is InChI=1S/C17H20N2O3S/c1-2-21-13-8-4-5-9-14(13)22-11-16(20)19-17-18-12-7-3-6-10-15(12)23-17/h4-5,8-9H,2-3,6-7,10-11H2,1H3,(H,18,19,20). The largest absolute Gasteiger partial charge is 0.490 e. The molecule has 6 heteroatoms. The number of aryl methyl sites for hydroxylation is 2. The van der Waals surface area contributed by atoms with Gasteiger partial charge in [-0.1, -0.05) is 12.1 Å². The number of nitrogens with one attached hydrogen (secondary N) is 1. The van der Waals surface area contributed by atoms with E-state index in [2.05, 4.69) is 10.3 Å². The molecule has 1 heterocycles. The molecule has 0 radical (unpaired) electrons. The highest BCUT2D eigenvalue weighted by Crippen LogP contribution is 2.30. The highest BCUT2D eigenvalue weighted by molar-refractivity contribution is 7.15. The summed E-state index contributed by atoms with van der Waals surface area (Å²) in [5.41, 5.74) is 1.14. The minimum absolute atomic E-state index is 0.0612. The molecule has 0 unspecified atom stereocenters. The fourth-order valence-corrected chi connectivity index (χ4v) is 3.61. The zero-order valence-corrected chi connectivity index (χ0v) is 13.9. The van der Waals surface area contributed by atoms with Crippen LogP contribution in [0.25, 0.3) is 0 Å². The molecule has 5 nitrogen and oxygen atoms in total. The third-order valence-corrected chi connectivity index (χ3v) is 4.67. The molecule has 0 atom stereocenters. The number of anilines is 1. The lowest BCUT2D eigenvalue weighted by atomic mass is 10.0. The van der Waals surface area contributed by atoms with Crippen molar-refractivity contribution in [3.63, 3.8) is 0 Å². The fraction of sp³-hybridized carbons (Fsp3) is 0.412. The molecule has 0 saturated heterocycles. The number of ether oxygens (including phenoxy) is 2. The second kappa shape index (κ2) is 7.46. The molecule has 23 heavy (non-hydrogen) atoms. The maximum absolute atomic E-state index is 12.1. The average Bonchev–Trinajstić information content (AvgIpc) is 2.96. The molecule has 1 aliphatic carbocycles. The van der Waals surface area contributed by atoms with Gasteiger partial charge in [0, 0.05) is 4.88 Å². The van der Waals surface area contributed by atoms with Gasteiger partial charge in [0.2, 0.25) is 0 Å². The highest BCUT2D eigenvalue weighted by atomic mass is 32.1. The Balaban J connectivity index is 1.56. The van der Waals surface area contributed by atoms with E-state index in [1.54, 1.807) is 17.4 Å². The van der Waals surface area contributed by atoms with Crippen LogP contribution in [0.3, 0.4) is 0 Å². The van der Waals surface area contributed by atoms with Crippen molar-refractivity contribution in [2.24, 2.45) is 0 Å². The smallest absolute Gasteiger partial charge is 0.264 e. The Bertz CT molecular complexity index is 661. The minimum Gasteiger partial charge on any atom is -0.490 e. The predicted octanol–water partition coefficient (Wildman–Crippen LogP) is 3.44. The van der Waals surface area contributed by atoms with Crippen LogP contribution in [0.4, 0.5) is 5.13 Å². The van der Waals surface area contributed by atoms with Crippen LogP contribution in [0.2, 0.25) is 0 Å². The number of aromatic nitrogens is 1. The molecule has 1 N–H and O–H groups in total. The first-order valence-electron chi connectivity index (χ1n) is 7.89. The van der Waals surface area contributed by atoms with Gasteiger partial charge in [-0.25, -0.2) is 4.98 Å². The first-order valence-corrected chi connectivity index (χ1v) is 8.71. The topological polar surface area (TPSA) is 60.5 Å². The second-order valence-electron chi connectivity index (χ2n) is 5.31. The molecule has 122 valence electrons. The maximum atomic E-state index is 12.1. The summed E-state index contributed by atoms with van der Waals surface area (Å²) in [4.78, 5) is 17.9. The molecule has 3 rings (SSSR count). The molecule has 1 aliphatic rings. The van der Waals surface area contributed by atoms with Gasteiger partial charge in [0.25, 0.3) is 5.91 Å². The van der Waals surface area contributed by atoms with Crippen molar-refractivity contribution >= 4 is 22.4 Å². The Morgan fingerprint density at radius 1 is 1.22 bits per heavy atom. The summed E-state index contributed by atoms with van der Waals surface area (Å²) in [6, 6.07) is 7.34. The van der Waals surface area contributed by atoms with E-state index in [-0.39, 0.29) is 12.5 Å². The zero-order valence-electron chi connectivity index (χ0n) is 13.1. The molecule has 0 bridgehead atoms. The van der Waals surface area contributed by atoms with Gasteiger partial charge in [-0.15, -0.1) is 11.3 Å². The Hall–Kier alpha value is -2.08. The number of rotatable bonds is 6. The van der Waals surface area contributed by atoms with E-state index in [9.17, 15) is 4.79 Å². The highest BCUT2D eigenvalue weighted by Gasteiger charge is 2.16. The lowest BCUT2D eigenvalue weighted by molar-refractivity contribution is -0.118. The van der Waals surface area contributed by atoms with Crippen LogP contribution in [-0.4, -0.2) is 24.1 Å². The molecule has 0 fully saturated rings. The molecule has 0 spiro atoms. The fourth-order valence-electron chi connectivity index (χ4n) is 2.55. The monoisotopic (exact) mass is 332 g/mol. The van der Waals surface area contributed by atoms with Crippen LogP contribution in [-0.2, 0) is 17.6 Å². The maximum Gasteiger partial charge on any atom is 0.264 e. The lowest BCUT2D eigenvalue weighted by Gasteiger charge is -2.10. The van der Waals surface area contributed by atoms with Gasteiger partial charge in [-0.3, -0.25) is 10.1 Å².